The van der Waals surface area contributed by atoms with Crippen molar-refractivity contribution in [3.05, 3.63) is 0 Å². The Morgan fingerprint density at radius 1 is 1.11 bits per heavy atom. The molecule has 0 bridgehead atoms. The molecule has 4 aliphatic rings. The van der Waals surface area contributed by atoms with Crippen LogP contribution in [0.3, 0.4) is 0 Å². The van der Waals surface area contributed by atoms with Crippen molar-refractivity contribution in [3.8, 4) is 0 Å². The van der Waals surface area contributed by atoms with Gasteiger partial charge in [-0.1, -0.05) is 0 Å². The molecule has 210 valence electrons. The number of hydrogen-bond donors (Lipinski definition) is 1. The van der Waals surface area contributed by atoms with Crippen molar-refractivity contribution < 1.29 is 13.6 Å². The third kappa shape index (κ3) is 6.10. The van der Waals surface area contributed by atoms with Gasteiger partial charge in [0.05, 0.1) is 0 Å². The molecule has 11 heteroatoms. The van der Waals surface area contributed by atoms with E-state index in [-0.39, 0.29) is 41.6 Å². The summed E-state index contributed by atoms with van der Waals surface area (Å²) >= 11 is 5.33. The fourth-order valence-electron chi connectivity index (χ4n) is 5.85. The van der Waals surface area contributed by atoms with E-state index in [0.29, 0.717) is 5.82 Å². The van der Waals surface area contributed by atoms with E-state index < -0.39 is 24.7 Å². The molecule has 0 aromatic carbocycles. The first kappa shape index (κ1) is 31.7. The second-order valence-corrected chi connectivity index (χ2v) is 19.2. The number of nitrogens with zero attached hydrogens (tertiary/aromatic N) is 2. The molecule has 3 fully saturated rings. The van der Waals surface area contributed by atoms with Gasteiger partial charge in [0.1, 0.15) is 0 Å². The van der Waals surface area contributed by atoms with Crippen LogP contribution in [-0.4, -0.2) is 69.3 Å². The standard InChI is InChI=1S/C27H49B3N2O3P2S/c1-8-18(6)36(38,33-23-15-20(23)28)32-27(11-4,12-5)26(7)13-14-30-22-17-25(22)35-37(26,31-19(9-2)10-3)34-24-16-21(24)29/h14,18-25,38H,8-13,15-17H2,1-7H3. The summed E-state index contributed by atoms with van der Waals surface area (Å²) in [5.74, 6) is 2.97. The molecule has 38 heavy (non-hydrogen) atoms. The zero-order valence-corrected chi connectivity index (χ0v) is 27.4. The van der Waals surface area contributed by atoms with Gasteiger partial charge in [0.2, 0.25) is 0 Å². The molecule has 1 aliphatic heterocycles. The summed E-state index contributed by atoms with van der Waals surface area (Å²) in [5.41, 5.74) is -0.265. The fourth-order valence-corrected chi connectivity index (χ4v) is 14.0. The molecule has 0 saturated heterocycles. The van der Waals surface area contributed by atoms with Crippen LogP contribution in [0.4, 0.5) is 0 Å². The first-order chi connectivity index (χ1) is 18.0. The van der Waals surface area contributed by atoms with Gasteiger partial charge in [0.25, 0.3) is 0 Å². The third-order valence-corrected chi connectivity index (χ3v) is 17.7. The van der Waals surface area contributed by atoms with E-state index in [9.17, 15) is 0 Å². The molecule has 4 rings (SSSR count). The molecule has 10 atom stereocenters. The summed E-state index contributed by atoms with van der Waals surface area (Å²) in [5, 5.41) is -0.477. The Morgan fingerprint density at radius 3 is 2.21 bits per heavy atom. The molecule has 5 nitrogen and oxygen atoms in total. The average molecular weight is 576 g/mol. The zero-order chi connectivity index (χ0) is 27.9. The topological polar surface area (TPSA) is 52.4 Å². The number of thiol groups is 1. The van der Waals surface area contributed by atoms with E-state index >= 15 is 0 Å². The molecule has 0 aromatic rings. The van der Waals surface area contributed by atoms with E-state index in [1.807, 2.05) is 0 Å². The molecular weight excluding hydrogens is 527 g/mol. The van der Waals surface area contributed by atoms with E-state index in [1.54, 1.807) is 0 Å². The quantitative estimate of drug-likeness (QED) is 0.137. The Balaban J connectivity index is 1.95. The molecule has 0 N–H and O–H groups in total. The van der Waals surface area contributed by atoms with Crippen molar-refractivity contribution in [2.75, 3.05) is 0 Å². The Labute approximate surface area is 241 Å². The molecule has 3 aliphatic carbocycles. The van der Waals surface area contributed by atoms with E-state index in [1.165, 1.54) is 0 Å². The molecule has 10 unspecified atom stereocenters. The van der Waals surface area contributed by atoms with Gasteiger partial charge in [-0.15, -0.1) is 0 Å². The Bertz CT molecular complexity index is 993. The monoisotopic (exact) mass is 576 g/mol. The maximum atomic E-state index is 7.21. The predicted molar refractivity (Wildman–Crippen MR) is 171 cm³/mol. The van der Waals surface area contributed by atoms with E-state index in [2.05, 4.69) is 61.4 Å². The summed E-state index contributed by atoms with van der Waals surface area (Å²) in [6.07, 6.45) is 8.35. The molecule has 1 heterocycles. The first-order valence-corrected chi connectivity index (χ1v) is 19.6. The van der Waals surface area contributed by atoms with Crippen LogP contribution in [0.15, 0.2) is 9.49 Å². The Hall–Kier alpha value is 0.755. The summed E-state index contributed by atoms with van der Waals surface area (Å²) in [4.78, 5) is 0. The zero-order valence-electron chi connectivity index (χ0n) is 24.8. The van der Waals surface area contributed by atoms with E-state index in [4.69, 9.17) is 51.0 Å². The fraction of sp³-hybridized carbons (Fsp3) is 0.963. The summed E-state index contributed by atoms with van der Waals surface area (Å²) in [6, 6.07) is 0.176. The minimum atomic E-state index is -2.82. The summed E-state index contributed by atoms with van der Waals surface area (Å²) in [7, 11) is 9.77. The van der Waals surface area contributed by atoms with Crippen molar-refractivity contribution in [2.45, 2.75) is 164 Å². The van der Waals surface area contributed by atoms with Crippen LogP contribution in [0.5, 0.6) is 0 Å². The van der Waals surface area contributed by atoms with Crippen LogP contribution in [0.2, 0.25) is 17.5 Å². The van der Waals surface area contributed by atoms with Crippen molar-refractivity contribution >= 4 is 54.8 Å². The van der Waals surface area contributed by atoms with Crippen molar-refractivity contribution in [2.24, 2.45) is 9.49 Å². The van der Waals surface area contributed by atoms with Gasteiger partial charge in [-0.05, 0) is 0 Å². The van der Waals surface area contributed by atoms with E-state index in [0.717, 1.165) is 57.8 Å². The predicted octanol–water partition coefficient (Wildman–Crippen LogP) is 8.26. The molecule has 4 radical (unpaired) electrons. The molecule has 0 spiro atoms. The van der Waals surface area contributed by atoms with Crippen LogP contribution >= 0.6 is 26.2 Å². The van der Waals surface area contributed by atoms with Gasteiger partial charge in [-0.2, -0.15) is 0 Å². The normalized spacial score (nSPS) is 40.2. The number of hydrogen-bond acceptors (Lipinski definition) is 5. The van der Waals surface area contributed by atoms with Crippen molar-refractivity contribution in [3.63, 3.8) is 0 Å². The molecule has 3 saturated carbocycles. The first-order valence-electron chi connectivity index (χ1n) is 15.2. The minimum absolute atomic E-state index is 0.00128. The van der Waals surface area contributed by atoms with Gasteiger partial charge >= 0.3 is 242 Å². The van der Waals surface area contributed by atoms with Crippen LogP contribution in [0.25, 0.3) is 0 Å². The molecule has 0 aromatic heterocycles. The van der Waals surface area contributed by atoms with Crippen LogP contribution in [0.1, 0.15) is 106 Å². The maximum absolute atomic E-state index is 7.21. The van der Waals surface area contributed by atoms with Crippen molar-refractivity contribution in [1.29, 1.82) is 0 Å². The second kappa shape index (κ2) is 12.2. The summed E-state index contributed by atoms with van der Waals surface area (Å²) in [6.45, 7) is 15.6. The van der Waals surface area contributed by atoms with Gasteiger partial charge in [-0.3, -0.25) is 0 Å². The van der Waals surface area contributed by atoms with Crippen LogP contribution in [-0.2, 0) is 13.6 Å². The molecular formula is C27H49B3N2O3P2S. The molecule has 0 amide bonds. The van der Waals surface area contributed by atoms with Gasteiger partial charge in [-0.25, -0.2) is 0 Å². The average Bonchev–Trinajstić information content (AvgIpc) is 3.85. The third-order valence-electron chi connectivity index (χ3n) is 9.64. The van der Waals surface area contributed by atoms with Gasteiger partial charge < -0.3 is 0 Å². The SMILES string of the molecule is [B]C1CC1OP(S)(=NC(CC)(CC)C1(C)CC=BC2CC2OP1(=NC(CC)CC)OC1CC1[B])C(C)CC. The summed E-state index contributed by atoms with van der Waals surface area (Å²) < 4.78 is 32.5. The van der Waals surface area contributed by atoms with Gasteiger partial charge in [0, 0.05) is 0 Å². The Kier molecular flexibility index (Phi) is 10.1. The second-order valence-electron chi connectivity index (χ2n) is 12.3. The van der Waals surface area contributed by atoms with Crippen LogP contribution in [0, 0.1) is 0 Å². The van der Waals surface area contributed by atoms with Crippen LogP contribution < -0.4 is 0 Å². The Morgan fingerprint density at radius 2 is 1.71 bits per heavy atom. The van der Waals surface area contributed by atoms with Gasteiger partial charge in [0.15, 0.2) is 0 Å². The number of fused-ring (bicyclic) bond motifs is 1. The number of rotatable bonds is 13. The van der Waals surface area contributed by atoms with Crippen molar-refractivity contribution in [1.82, 2.24) is 0 Å².